The summed E-state index contributed by atoms with van der Waals surface area (Å²) in [6, 6.07) is 20.6. The molecular weight excluding hydrogens is 466 g/mol. The zero-order valence-corrected chi connectivity index (χ0v) is 21.5. The van der Waals surface area contributed by atoms with Gasteiger partial charge in [-0.15, -0.1) is 0 Å². The number of nitrogen functional groups attached to an aromatic ring is 1. The monoisotopic (exact) mass is 499 g/mol. The van der Waals surface area contributed by atoms with Crippen molar-refractivity contribution in [2.75, 3.05) is 12.3 Å². The predicted octanol–water partition coefficient (Wildman–Crippen LogP) is 4.83. The predicted molar refractivity (Wildman–Crippen MR) is 144 cm³/mol. The van der Waals surface area contributed by atoms with Gasteiger partial charge in [-0.05, 0) is 53.3 Å². The van der Waals surface area contributed by atoms with E-state index >= 15 is 0 Å². The van der Waals surface area contributed by atoms with Crippen LogP contribution >= 0.6 is 0 Å². The van der Waals surface area contributed by atoms with Gasteiger partial charge in [0.25, 0.3) is 0 Å². The van der Waals surface area contributed by atoms with Crippen molar-refractivity contribution >= 4 is 12.0 Å². The van der Waals surface area contributed by atoms with Crippen LogP contribution in [0.4, 0.5) is 5.82 Å². The third-order valence-electron chi connectivity index (χ3n) is 5.98. The van der Waals surface area contributed by atoms with Gasteiger partial charge in [-0.1, -0.05) is 57.2 Å². The number of carbonyl (C=O) groups excluding carboxylic acids is 2. The Morgan fingerprint density at radius 3 is 2.24 bits per heavy atom. The van der Waals surface area contributed by atoms with E-state index in [2.05, 4.69) is 62.2 Å². The van der Waals surface area contributed by atoms with Crippen molar-refractivity contribution in [3.05, 3.63) is 83.7 Å². The maximum absolute atomic E-state index is 8.12. The van der Waals surface area contributed by atoms with Gasteiger partial charge >= 0.3 is 6.15 Å². The number of anilines is 1. The summed E-state index contributed by atoms with van der Waals surface area (Å²) in [6.45, 7) is 8.26. The van der Waals surface area contributed by atoms with Crippen LogP contribution in [0.2, 0.25) is 0 Å². The van der Waals surface area contributed by atoms with E-state index in [4.69, 9.17) is 30.9 Å². The fourth-order valence-electron chi connectivity index (χ4n) is 4.15. The molecule has 0 bridgehead atoms. The summed E-state index contributed by atoms with van der Waals surface area (Å²) in [4.78, 5) is 20.4. The minimum atomic E-state index is 0.250. The molecule has 192 valence electrons. The Labute approximate surface area is 217 Å². The SMILES string of the molecule is CCc1c(-c2ccc(OCc3ccc(C(C)C)cc3)cc2)c(-c2ccnc(N)c2)nn1CCN.O=C=O. The second kappa shape index (κ2) is 13.2. The van der Waals surface area contributed by atoms with Crippen LogP contribution in [-0.4, -0.2) is 27.5 Å². The molecule has 0 aliphatic rings. The molecule has 2 aromatic heterocycles. The number of hydrogen-bond donors (Lipinski definition) is 2. The van der Waals surface area contributed by atoms with E-state index in [0.717, 1.165) is 45.8 Å². The lowest BCUT2D eigenvalue weighted by molar-refractivity contribution is -0.191. The second-order valence-corrected chi connectivity index (χ2v) is 8.80. The van der Waals surface area contributed by atoms with Gasteiger partial charge in [0.05, 0.1) is 6.54 Å². The van der Waals surface area contributed by atoms with E-state index in [-0.39, 0.29) is 6.15 Å². The Kier molecular flexibility index (Phi) is 9.72. The van der Waals surface area contributed by atoms with E-state index in [1.54, 1.807) is 6.20 Å². The van der Waals surface area contributed by atoms with Crippen LogP contribution in [0, 0.1) is 0 Å². The normalized spacial score (nSPS) is 10.5. The highest BCUT2D eigenvalue weighted by molar-refractivity contribution is 5.83. The summed E-state index contributed by atoms with van der Waals surface area (Å²) in [6.07, 6.45) is 2.81. The van der Waals surface area contributed by atoms with Crippen LogP contribution in [0.25, 0.3) is 22.4 Å². The number of pyridine rings is 1. The standard InChI is InChI=1S/C28H33N5O.CO2/c1-4-25-27(28(32-33(25)16-14-29)23-13-15-31-26(30)17-23)22-9-11-24(12-10-22)34-18-20-5-7-21(8-6-20)19(2)3;2-1-3/h5-13,15,17,19H,4,14,16,18,29H2,1-3H3,(H2,30,31);. The molecule has 0 aliphatic heterocycles. The maximum Gasteiger partial charge on any atom is 0.373 e. The number of ether oxygens (including phenoxy) is 1. The van der Waals surface area contributed by atoms with Crippen LogP contribution in [0.5, 0.6) is 5.75 Å². The smallest absolute Gasteiger partial charge is 0.373 e. The van der Waals surface area contributed by atoms with Crippen molar-refractivity contribution in [1.29, 1.82) is 0 Å². The Bertz CT molecular complexity index is 1320. The molecule has 2 heterocycles. The van der Waals surface area contributed by atoms with Gasteiger partial charge in [0.1, 0.15) is 23.9 Å². The molecule has 0 atom stereocenters. The van der Waals surface area contributed by atoms with Crippen molar-refractivity contribution in [2.45, 2.75) is 46.3 Å². The topological polar surface area (TPSA) is 126 Å². The summed E-state index contributed by atoms with van der Waals surface area (Å²) in [5, 5.41) is 4.90. The van der Waals surface area contributed by atoms with Crippen molar-refractivity contribution in [2.24, 2.45) is 5.73 Å². The molecule has 0 unspecified atom stereocenters. The first-order valence-electron chi connectivity index (χ1n) is 12.2. The zero-order valence-electron chi connectivity index (χ0n) is 21.5. The molecule has 8 nitrogen and oxygen atoms in total. The Morgan fingerprint density at radius 2 is 1.68 bits per heavy atom. The zero-order chi connectivity index (χ0) is 26.8. The largest absolute Gasteiger partial charge is 0.489 e. The average molecular weight is 500 g/mol. The molecular formula is C29H33N5O3. The molecule has 0 saturated carbocycles. The molecule has 0 amide bonds. The summed E-state index contributed by atoms with van der Waals surface area (Å²) in [5.41, 5.74) is 19.5. The lowest BCUT2D eigenvalue weighted by Gasteiger charge is -2.11. The summed E-state index contributed by atoms with van der Waals surface area (Å²) in [7, 11) is 0. The number of nitrogens with zero attached hydrogens (tertiary/aromatic N) is 3. The lowest BCUT2D eigenvalue weighted by atomic mass is 9.98. The van der Waals surface area contributed by atoms with Gasteiger partial charge in [-0.3, -0.25) is 4.68 Å². The van der Waals surface area contributed by atoms with Crippen molar-refractivity contribution in [3.8, 4) is 28.1 Å². The van der Waals surface area contributed by atoms with Crippen LogP contribution in [0.1, 0.15) is 43.5 Å². The molecule has 0 spiro atoms. The number of hydrogen-bond acceptors (Lipinski definition) is 7. The minimum absolute atomic E-state index is 0.250. The number of nitrogens with two attached hydrogens (primary N) is 2. The third kappa shape index (κ3) is 6.91. The van der Waals surface area contributed by atoms with Gasteiger partial charge < -0.3 is 16.2 Å². The van der Waals surface area contributed by atoms with E-state index in [1.807, 2.05) is 28.9 Å². The van der Waals surface area contributed by atoms with Gasteiger partial charge in [0.15, 0.2) is 0 Å². The molecule has 37 heavy (non-hydrogen) atoms. The highest BCUT2D eigenvalue weighted by atomic mass is 16.5. The molecule has 8 heteroatoms. The lowest BCUT2D eigenvalue weighted by Crippen LogP contribution is -2.13. The molecule has 0 saturated heterocycles. The molecule has 4 aromatic rings. The van der Waals surface area contributed by atoms with Gasteiger partial charge in [0, 0.05) is 29.6 Å². The van der Waals surface area contributed by atoms with E-state index in [9.17, 15) is 0 Å². The first-order valence-corrected chi connectivity index (χ1v) is 12.2. The molecule has 4 rings (SSSR count). The summed E-state index contributed by atoms with van der Waals surface area (Å²) >= 11 is 0. The highest BCUT2D eigenvalue weighted by Gasteiger charge is 2.20. The maximum atomic E-state index is 8.12. The quantitative estimate of drug-likeness (QED) is 0.338. The van der Waals surface area contributed by atoms with Crippen LogP contribution in [-0.2, 0) is 29.2 Å². The Balaban J connectivity index is 0.00000121. The number of aromatic nitrogens is 3. The molecule has 2 aromatic carbocycles. The number of rotatable bonds is 9. The Hall–Kier alpha value is -4.26. The first kappa shape index (κ1) is 27.3. The second-order valence-electron chi connectivity index (χ2n) is 8.80. The number of benzene rings is 2. The van der Waals surface area contributed by atoms with Crippen molar-refractivity contribution in [1.82, 2.24) is 14.8 Å². The van der Waals surface area contributed by atoms with Crippen molar-refractivity contribution < 1.29 is 14.3 Å². The molecule has 0 aliphatic carbocycles. The molecule has 4 N–H and O–H groups in total. The summed E-state index contributed by atoms with van der Waals surface area (Å²) in [5.74, 6) is 1.83. The van der Waals surface area contributed by atoms with Gasteiger partial charge in [-0.2, -0.15) is 14.7 Å². The van der Waals surface area contributed by atoms with Gasteiger partial charge in [0.2, 0.25) is 0 Å². The average Bonchev–Trinajstić information content (AvgIpc) is 3.27. The van der Waals surface area contributed by atoms with E-state index in [1.165, 1.54) is 5.56 Å². The Morgan fingerprint density at radius 1 is 1.00 bits per heavy atom. The van der Waals surface area contributed by atoms with Crippen LogP contribution < -0.4 is 16.2 Å². The van der Waals surface area contributed by atoms with E-state index in [0.29, 0.717) is 31.4 Å². The van der Waals surface area contributed by atoms with Crippen molar-refractivity contribution in [3.63, 3.8) is 0 Å². The fraction of sp³-hybridized carbons (Fsp3) is 0.276. The minimum Gasteiger partial charge on any atom is -0.489 e. The highest BCUT2D eigenvalue weighted by Crippen LogP contribution is 2.36. The summed E-state index contributed by atoms with van der Waals surface area (Å²) < 4.78 is 8.06. The fourth-order valence-corrected chi connectivity index (χ4v) is 4.15. The van der Waals surface area contributed by atoms with E-state index < -0.39 is 0 Å². The van der Waals surface area contributed by atoms with Crippen LogP contribution in [0.3, 0.4) is 0 Å². The van der Waals surface area contributed by atoms with Crippen LogP contribution in [0.15, 0.2) is 66.9 Å². The molecule has 0 fully saturated rings. The first-order chi connectivity index (χ1) is 17.9. The van der Waals surface area contributed by atoms with Gasteiger partial charge in [-0.25, -0.2) is 4.98 Å². The third-order valence-corrected chi connectivity index (χ3v) is 5.98. The molecule has 0 radical (unpaired) electrons.